The van der Waals surface area contributed by atoms with Gasteiger partial charge in [0.25, 0.3) is 0 Å². The average molecular weight is 253 g/mol. The van der Waals surface area contributed by atoms with Crippen LogP contribution < -0.4 is 15.8 Å². The molecule has 1 heterocycles. The minimum atomic E-state index is -0.295. The van der Waals surface area contributed by atoms with E-state index in [1.165, 1.54) is 12.7 Å². The van der Waals surface area contributed by atoms with Crippen LogP contribution in [0.5, 0.6) is 0 Å². The predicted octanol–water partition coefficient (Wildman–Crippen LogP) is 1.20. The van der Waals surface area contributed by atoms with Crippen LogP contribution in [0.15, 0.2) is 41.6 Å². The molecule has 1 aromatic rings. The third-order valence-electron chi connectivity index (χ3n) is 3.46. The van der Waals surface area contributed by atoms with Crippen LogP contribution in [0.25, 0.3) is 12.3 Å². The summed E-state index contributed by atoms with van der Waals surface area (Å²) in [6.07, 6.45) is 10.3. The van der Waals surface area contributed by atoms with E-state index in [1.54, 1.807) is 6.07 Å². The predicted molar refractivity (Wildman–Crippen MR) is 74.5 cm³/mol. The second-order valence-corrected chi connectivity index (χ2v) is 4.61. The van der Waals surface area contributed by atoms with Crippen LogP contribution in [0, 0.1) is 0 Å². The first kappa shape index (κ1) is 11.8. The van der Waals surface area contributed by atoms with E-state index in [0.29, 0.717) is 5.56 Å². The van der Waals surface area contributed by atoms with Crippen molar-refractivity contribution in [3.63, 3.8) is 0 Å². The summed E-state index contributed by atoms with van der Waals surface area (Å²) in [7, 11) is 1.41. The van der Waals surface area contributed by atoms with Crippen molar-refractivity contribution in [1.29, 1.82) is 0 Å². The number of nitrogens with one attached hydrogen (secondary N) is 1. The van der Waals surface area contributed by atoms with Crippen molar-refractivity contribution in [1.82, 2.24) is 5.32 Å². The van der Waals surface area contributed by atoms with Gasteiger partial charge in [0.05, 0.1) is 12.7 Å². The minimum Gasteiger partial charge on any atom is -0.465 e. The molecule has 0 bridgehead atoms. The molecule has 3 nitrogen and oxygen atoms in total. The van der Waals surface area contributed by atoms with Gasteiger partial charge in [-0.15, -0.1) is 0 Å². The first-order valence-corrected chi connectivity index (χ1v) is 6.35. The summed E-state index contributed by atoms with van der Waals surface area (Å²) in [5.74, 6) is -0.295. The molecule has 0 spiro atoms. The minimum absolute atomic E-state index is 0.295. The third-order valence-corrected chi connectivity index (χ3v) is 3.46. The zero-order valence-corrected chi connectivity index (χ0v) is 10.8. The molecule has 0 aromatic heterocycles. The van der Waals surface area contributed by atoms with Gasteiger partial charge >= 0.3 is 5.97 Å². The van der Waals surface area contributed by atoms with E-state index in [1.807, 2.05) is 18.3 Å². The van der Waals surface area contributed by atoms with Crippen LogP contribution in [-0.4, -0.2) is 13.1 Å². The molecule has 0 fully saturated rings. The number of hydrogen-bond donors (Lipinski definition) is 1. The molecule has 3 rings (SSSR count). The van der Waals surface area contributed by atoms with Gasteiger partial charge in [-0.25, -0.2) is 4.79 Å². The highest BCUT2D eigenvalue weighted by Crippen LogP contribution is 2.19. The summed E-state index contributed by atoms with van der Waals surface area (Å²) in [6, 6.07) is 5.67. The fourth-order valence-corrected chi connectivity index (χ4v) is 2.46. The molecular formula is C16H15NO2. The van der Waals surface area contributed by atoms with Crippen LogP contribution in [0.4, 0.5) is 0 Å². The Balaban J connectivity index is 2.27. The highest BCUT2D eigenvalue weighted by atomic mass is 16.5. The molecule has 2 aliphatic rings. The molecule has 0 radical (unpaired) electrons. The summed E-state index contributed by atoms with van der Waals surface area (Å²) in [5, 5.41) is 5.25. The van der Waals surface area contributed by atoms with E-state index < -0.39 is 0 Å². The first-order chi connectivity index (χ1) is 9.29. The Morgan fingerprint density at radius 1 is 1.37 bits per heavy atom. The average Bonchev–Trinajstić information content (AvgIpc) is 2.65. The van der Waals surface area contributed by atoms with Gasteiger partial charge in [-0.1, -0.05) is 18.2 Å². The van der Waals surface area contributed by atoms with E-state index in [9.17, 15) is 4.79 Å². The smallest absolute Gasteiger partial charge is 0.338 e. The standard InChI is InChI=1S/C16H15NO2/c1-19-16(18)13-7-4-6-12-10-17-15-8-3-2-5-11(15)9-14(12)13/h3-4,6-10,17H,2,5H2,1H3. The van der Waals surface area contributed by atoms with Gasteiger partial charge in [-0.3, -0.25) is 0 Å². The number of hydrogen-bond acceptors (Lipinski definition) is 3. The van der Waals surface area contributed by atoms with Crippen LogP contribution in [-0.2, 0) is 4.74 Å². The lowest BCUT2D eigenvalue weighted by atomic mass is 10.00. The number of carbonyl (C=O) groups is 1. The molecule has 0 saturated heterocycles. The van der Waals surface area contributed by atoms with Crippen molar-refractivity contribution in [3.05, 3.63) is 57.6 Å². The van der Waals surface area contributed by atoms with Crippen LogP contribution in [0.2, 0.25) is 0 Å². The van der Waals surface area contributed by atoms with Crippen molar-refractivity contribution in [2.45, 2.75) is 12.8 Å². The lowest BCUT2D eigenvalue weighted by Crippen LogP contribution is -2.31. The molecule has 0 atom stereocenters. The third kappa shape index (κ3) is 2.08. The van der Waals surface area contributed by atoms with Crippen molar-refractivity contribution < 1.29 is 9.53 Å². The van der Waals surface area contributed by atoms with Gasteiger partial charge in [0, 0.05) is 11.9 Å². The number of methoxy groups -OCH3 is 1. The first-order valence-electron chi connectivity index (χ1n) is 6.35. The topological polar surface area (TPSA) is 38.3 Å². The summed E-state index contributed by atoms with van der Waals surface area (Å²) < 4.78 is 4.86. The maximum Gasteiger partial charge on any atom is 0.338 e. The van der Waals surface area contributed by atoms with E-state index in [-0.39, 0.29) is 5.97 Å². The molecule has 1 aliphatic carbocycles. The monoisotopic (exact) mass is 253 g/mol. The molecule has 0 amide bonds. The van der Waals surface area contributed by atoms with Crippen LogP contribution in [0.3, 0.4) is 0 Å². The van der Waals surface area contributed by atoms with E-state index in [4.69, 9.17) is 4.74 Å². The van der Waals surface area contributed by atoms with Gasteiger partial charge in [0.1, 0.15) is 0 Å². The van der Waals surface area contributed by atoms with Gasteiger partial charge in [0.2, 0.25) is 0 Å². The maximum absolute atomic E-state index is 11.9. The summed E-state index contributed by atoms with van der Waals surface area (Å²) in [6.45, 7) is 0. The number of ether oxygens (including phenoxy) is 1. The summed E-state index contributed by atoms with van der Waals surface area (Å²) >= 11 is 0. The lowest BCUT2D eigenvalue weighted by Gasteiger charge is -2.11. The fourth-order valence-electron chi connectivity index (χ4n) is 2.46. The van der Waals surface area contributed by atoms with E-state index in [0.717, 1.165) is 29.0 Å². The number of fused-ring (bicyclic) bond motifs is 1. The quantitative estimate of drug-likeness (QED) is 0.764. The zero-order valence-electron chi connectivity index (χ0n) is 10.8. The highest BCUT2D eigenvalue weighted by molar-refractivity contribution is 5.90. The molecule has 3 heteroatoms. The molecule has 0 saturated carbocycles. The molecule has 0 unspecified atom stereocenters. The fraction of sp³-hybridized carbons (Fsp3) is 0.188. The van der Waals surface area contributed by atoms with Crippen LogP contribution >= 0.6 is 0 Å². The second kappa shape index (κ2) is 4.76. The van der Waals surface area contributed by atoms with Gasteiger partial charge < -0.3 is 10.1 Å². The van der Waals surface area contributed by atoms with Gasteiger partial charge in [-0.05, 0) is 47.1 Å². The largest absolute Gasteiger partial charge is 0.465 e. The highest BCUT2D eigenvalue weighted by Gasteiger charge is 2.12. The normalized spacial score (nSPS) is 16.3. The van der Waals surface area contributed by atoms with Crippen molar-refractivity contribution >= 4 is 18.2 Å². The Bertz CT molecular complexity index is 711. The molecule has 96 valence electrons. The molecule has 1 N–H and O–H groups in total. The van der Waals surface area contributed by atoms with Gasteiger partial charge in [-0.2, -0.15) is 0 Å². The maximum atomic E-state index is 11.9. The summed E-state index contributed by atoms with van der Waals surface area (Å²) in [4.78, 5) is 11.9. The second-order valence-electron chi connectivity index (χ2n) is 4.61. The molecule has 1 aromatic carbocycles. The van der Waals surface area contributed by atoms with E-state index >= 15 is 0 Å². The number of rotatable bonds is 1. The molecule has 19 heavy (non-hydrogen) atoms. The van der Waals surface area contributed by atoms with Crippen molar-refractivity contribution in [3.8, 4) is 0 Å². The summed E-state index contributed by atoms with van der Waals surface area (Å²) in [5.41, 5.74) is 2.95. The lowest BCUT2D eigenvalue weighted by molar-refractivity contribution is 0.0599. The SMILES string of the molecule is COC(=O)c1cccc2c1=CC1=C(C=CCC1)NC=2. The van der Waals surface area contributed by atoms with Crippen LogP contribution in [0.1, 0.15) is 23.2 Å². The number of carbonyl (C=O) groups excluding carboxylic acids is 1. The Labute approximate surface area is 111 Å². The van der Waals surface area contributed by atoms with Gasteiger partial charge in [0.15, 0.2) is 0 Å². The van der Waals surface area contributed by atoms with E-state index in [2.05, 4.69) is 23.5 Å². The number of allylic oxidation sites excluding steroid dienone is 3. The Kier molecular flexibility index (Phi) is 2.95. The number of esters is 1. The van der Waals surface area contributed by atoms with Crippen molar-refractivity contribution in [2.24, 2.45) is 0 Å². The Morgan fingerprint density at radius 2 is 2.26 bits per heavy atom. The Hall–Kier alpha value is -2.29. The number of benzene rings is 1. The zero-order chi connectivity index (χ0) is 13.2. The molecule has 1 aliphatic heterocycles. The van der Waals surface area contributed by atoms with Crippen molar-refractivity contribution in [2.75, 3.05) is 7.11 Å². The Morgan fingerprint density at radius 3 is 3.11 bits per heavy atom. The molecular weight excluding hydrogens is 238 g/mol.